The van der Waals surface area contributed by atoms with Crippen LogP contribution >= 0.6 is 0 Å². The number of rotatable bonds is 4. The molecular weight excluding hydrogens is 198 g/mol. The number of hydrogen-bond acceptors (Lipinski definition) is 5. The predicted molar refractivity (Wildman–Crippen MR) is 57.1 cm³/mol. The van der Waals surface area contributed by atoms with Crippen molar-refractivity contribution in [1.29, 1.82) is 0 Å². The Labute approximate surface area is 88.7 Å². The van der Waals surface area contributed by atoms with Crippen LogP contribution in [-0.4, -0.2) is 28.4 Å². The maximum absolute atomic E-state index is 5.85. The molecule has 1 rings (SSSR count). The van der Waals surface area contributed by atoms with E-state index in [1.165, 1.54) is 28.4 Å². The molecule has 0 aliphatic carbocycles. The van der Waals surface area contributed by atoms with Crippen molar-refractivity contribution in [3.8, 4) is 23.0 Å². The summed E-state index contributed by atoms with van der Waals surface area (Å²) in [5.74, 6) is 1.89. The van der Waals surface area contributed by atoms with Gasteiger partial charge < -0.3 is 24.7 Å². The monoisotopic (exact) mass is 213 g/mol. The van der Waals surface area contributed by atoms with Gasteiger partial charge in [-0.05, 0) is 0 Å². The fourth-order valence-corrected chi connectivity index (χ4v) is 1.34. The fourth-order valence-electron chi connectivity index (χ4n) is 1.34. The summed E-state index contributed by atoms with van der Waals surface area (Å²) in [5, 5.41) is 0. The van der Waals surface area contributed by atoms with Gasteiger partial charge in [0.25, 0.3) is 0 Å². The molecule has 0 saturated heterocycles. The lowest BCUT2D eigenvalue weighted by molar-refractivity contribution is 0.332. The molecule has 0 amide bonds. The smallest absolute Gasteiger partial charge is 0.187 e. The highest BCUT2D eigenvalue weighted by Crippen LogP contribution is 2.46. The normalized spacial score (nSPS) is 9.60. The van der Waals surface area contributed by atoms with Gasteiger partial charge in [-0.2, -0.15) is 0 Å². The van der Waals surface area contributed by atoms with Gasteiger partial charge in [0, 0.05) is 6.07 Å². The average molecular weight is 213 g/mol. The number of methoxy groups -OCH3 is 4. The Morgan fingerprint density at radius 2 is 1.20 bits per heavy atom. The molecule has 0 aliphatic rings. The Morgan fingerprint density at radius 1 is 0.800 bits per heavy atom. The van der Waals surface area contributed by atoms with Gasteiger partial charge in [-0.3, -0.25) is 0 Å². The molecule has 0 unspecified atom stereocenters. The molecule has 0 saturated carbocycles. The van der Waals surface area contributed by atoms with E-state index in [0.29, 0.717) is 28.7 Å². The van der Waals surface area contributed by atoms with Crippen LogP contribution in [0.1, 0.15) is 0 Å². The SMILES string of the molecule is COc1cc(OC)c(OC)c(N)c1OC. The molecule has 5 heteroatoms. The number of nitrogen functional groups attached to an aromatic ring is 1. The molecule has 5 nitrogen and oxygen atoms in total. The summed E-state index contributed by atoms with van der Waals surface area (Å²) in [7, 11) is 6.09. The molecule has 0 heterocycles. The largest absolute Gasteiger partial charge is 0.493 e. The van der Waals surface area contributed by atoms with Crippen LogP contribution < -0.4 is 24.7 Å². The van der Waals surface area contributed by atoms with Gasteiger partial charge in [-0.1, -0.05) is 0 Å². The number of nitrogens with two attached hydrogens (primary N) is 1. The summed E-state index contributed by atoms with van der Waals surface area (Å²) >= 11 is 0. The minimum Gasteiger partial charge on any atom is -0.493 e. The van der Waals surface area contributed by atoms with Crippen molar-refractivity contribution in [3.63, 3.8) is 0 Å². The fraction of sp³-hybridized carbons (Fsp3) is 0.400. The molecule has 0 atom stereocenters. The lowest BCUT2D eigenvalue weighted by atomic mass is 10.2. The molecule has 0 aliphatic heterocycles. The van der Waals surface area contributed by atoms with Crippen LogP contribution in [0.25, 0.3) is 0 Å². The second-order valence-corrected chi connectivity index (χ2v) is 2.76. The molecule has 1 aromatic rings. The summed E-state index contributed by atoms with van der Waals surface area (Å²) in [5.41, 5.74) is 6.20. The molecule has 1 aromatic carbocycles. The van der Waals surface area contributed by atoms with Crippen molar-refractivity contribution >= 4 is 5.69 Å². The Hall–Kier alpha value is -1.78. The van der Waals surface area contributed by atoms with Crippen LogP contribution in [0.4, 0.5) is 5.69 Å². The van der Waals surface area contributed by atoms with Crippen molar-refractivity contribution < 1.29 is 18.9 Å². The Kier molecular flexibility index (Phi) is 3.49. The topological polar surface area (TPSA) is 62.9 Å². The van der Waals surface area contributed by atoms with Crippen LogP contribution in [0.5, 0.6) is 23.0 Å². The van der Waals surface area contributed by atoms with Crippen LogP contribution in [0.15, 0.2) is 6.07 Å². The third kappa shape index (κ3) is 1.86. The summed E-state index contributed by atoms with van der Waals surface area (Å²) in [6, 6.07) is 1.66. The van der Waals surface area contributed by atoms with Crippen LogP contribution in [0.3, 0.4) is 0 Å². The summed E-state index contributed by atoms with van der Waals surface area (Å²) < 4.78 is 20.5. The zero-order chi connectivity index (χ0) is 11.4. The molecule has 0 aromatic heterocycles. The zero-order valence-corrected chi connectivity index (χ0v) is 9.29. The van der Waals surface area contributed by atoms with Gasteiger partial charge in [-0.25, -0.2) is 0 Å². The molecule has 0 radical (unpaired) electrons. The molecule has 84 valence electrons. The van der Waals surface area contributed by atoms with Crippen LogP contribution in [-0.2, 0) is 0 Å². The Bertz CT molecular complexity index is 322. The quantitative estimate of drug-likeness (QED) is 0.764. The highest BCUT2D eigenvalue weighted by molar-refractivity contribution is 5.73. The third-order valence-electron chi connectivity index (χ3n) is 2.05. The molecular formula is C10H15NO4. The first-order valence-electron chi connectivity index (χ1n) is 4.32. The van der Waals surface area contributed by atoms with Gasteiger partial charge in [0.1, 0.15) is 5.69 Å². The lowest BCUT2D eigenvalue weighted by Gasteiger charge is -2.16. The van der Waals surface area contributed by atoms with E-state index in [4.69, 9.17) is 24.7 Å². The molecule has 0 bridgehead atoms. The summed E-state index contributed by atoms with van der Waals surface area (Å²) in [4.78, 5) is 0. The van der Waals surface area contributed by atoms with Gasteiger partial charge >= 0.3 is 0 Å². The first-order valence-corrected chi connectivity index (χ1v) is 4.32. The Morgan fingerprint density at radius 3 is 1.47 bits per heavy atom. The van der Waals surface area contributed by atoms with E-state index in [1.54, 1.807) is 6.07 Å². The van der Waals surface area contributed by atoms with Gasteiger partial charge in [-0.15, -0.1) is 0 Å². The number of ether oxygens (including phenoxy) is 4. The minimum atomic E-state index is 0.358. The van der Waals surface area contributed by atoms with Crippen molar-refractivity contribution in [1.82, 2.24) is 0 Å². The number of hydrogen-bond donors (Lipinski definition) is 1. The van der Waals surface area contributed by atoms with Crippen LogP contribution in [0.2, 0.25) is 0 Å². The number of benzene rings is 1. The van der Waals surface area contributed by atoms with E-state index in [9.17, 15) is 0 Å². The predicted octanol–water partition coefficient (Wildman–Crippen LogP) is 1.30. The van der Waals surface area contributed by atoms with Crippen molar-refractivity contribution in [3.05, 3.63) is 6.07 Å². The van der Waals surface area contributed by atoms with Crippen molar-refractivity contribution in [2.45, 2.75) is 0 Å². The molecule has 2 N–H and O–H groups in total. The summed E-state index contributed by atoms with van der Waals surface area (Å²) in [6.45, 7) is 0. The highest BCUT2D eigenvalue weighted by Gasteiger charge is 2.18. The maximum atomic E-state index is 5.85. The average Bonchev–Trinajstić information content (AvgIpc) is 2.27. The van der Waals surface area contributed by atoms with E-state index in [-0.39, 0.29) is 0 Å². The minimum absolute atomic E-state index is 0.358. The van der Waals surface area contributed by atoms with E-state index in [0.717, 1.165) is 0 Å². The molecule has 0 fully saturated rings. The lowest BCUT2D eigenvalue weighted by Crippen LogP contribution is -2.01. The van der Waals surface area contributed by atoms with Gasteiger partial charge in [0.15, 0.2) is 23.0 Å². The van der Waals surface area contributed by atoms with Crippen molar-refractivity contribution in [2.75, 3.05) is 34.2 Å². The maximum Gasteiger partial charge on any atom is 0.187 e. The highest BCUT2D eigenvalue weighted by atomic mass is 16.5. The van der Waals surface area contributed by atoms with Crippen molar-refractivity contribution in [2.24, 2.45) is 0 Å². The van der Waals surface area contributed by atoms with E-state index in [1.807, 2.05) is 0 Å². The van der Waals surface area contributed by atoms with E-state index < -0.39 is 0 Å². The number of anilines is 1. The second kappa shape index (κ2) is 4.63. The summed E-state index contributed by atoms with van der Waals surface area (Å²) in [6.07, 6.45) is 0. The zero-order valence-electron chi connectivity index (χ0n) is 9.29. The van der Waals surface area contributed by atoms with E-state index >= 15 is 0 Å². The Balaban J connectivity index is 3.41. The van der Waals surface area contributed by atoms with Gasteiger partial charge in [0.2, 0.25) is 0 Å². The second-order valence-electron chi connectivity index (χ2n) is 2.76. The van der Waals surface area contributed by atoms with Crippen LogP contribution in [0, 0.1) is 0 Å². The van der Waals surface area contributed by atoms with E-state index in [2.05, 4.69) is 0 Å². The first-order chi connectivity index (χ1) is 7.19. The standard InChI is InChI=1S/C10H15NO4/c1-12-6-5-7(13-2)10(15-4)8(11)9(6)14-3/h5H,11H2,1-4H3. The molecule has 15 heavy (non-hydrogen) atoms. The van der Waals surface area contributed by atoms with Gasteiger partial charge in [0.05, 0.1) is 28.4 Å². The third-order valence-corrected chi connectivity index (χ3v) is 2.05. The first kappa shape index (κ1) is 11.3. The molecule has 0 spiro atoms.